The minimum absolute atomic E-state index is 0.999. The molecule has 0 amide bonds. The molecule has 9 nitrogen and oxygen atoms in total. The topological polar surface area (TPSA) is 83.1 Å². The van der Waals surface area contributed by atoms with Gasteiger partial charge in [0.15, 0.2) is 16.6 Å². The molecule has 61 heavy (non-hydrogen) atoms. The van der Waals surface area contributed by atoms with Gasteiger partial charge >= 0.3 is 68.5 Å². The fraction of sp³-hybridized carbons (Fsp3) is 0.429. The fourth-order valence-corrected chi connectivity index (χ4v) is 56.3. The second kappa shape index (κ2) is 19.7. The number of hydrogen-bond donors (Lipinski definition) is 0. The van der Waals surface area contributed by atoms with Crippen molar-refractivity contribution < 1.29 is 37.0 Å². The molecule has 0 aliphatic carbocycles. The third-order valence-corrected chi connectivity index (χ3v) is 48.0. The van der Waals surface area contributed by atoms with Gasteiger partial charge in [0.05, 0.1) is 0 Å². The van der Waals surface area contributed by atoms with E-state index in [1.165, 1.54) is 0 Å². The van der Waals surface area contributed by atoms with Gasteiger partial charge < -0.3 is 37.0 Å². The summed E-state index contributed by atoms with van der Waals surface area (Å²) in [5, 5.41) is 4.14. The van der Waals surface area contributed by atoms with E-state index in [9.17, 15) is 0 Å². The van der Waals surface area contributed by atoms with Crippen LogP contribution >= 0.6 is 0 Å². The highest BCUT2D eigenvalue weighted by molar-refractivity contribution is 7.00. The molecule has 0 aliphatic rings. The standard InChI is InChI=1S/C42H74O9Si10/c1-52(2,3)43-54(7,8)45-59(16,40-33-25-20-26-34-40)48-56(11,12)49-61(18,42-37-29-22-30-38-42)51-57(13,14)50-60(17,41-35-27-21-28-36-41)47-55(9,10)46-58(15,44-53(4,5)6)39-31-23-19-24-32-39/h19-38H,1-18H3. The van der Waals surface area contributed by atoms with Gasteiger partial charge in [0.2, 0.25) is 0 Å². The van der Waals surface area contributed by atoms with Crippen molar-refractivity contribution in [2.45, 2.75) is 118 Å². The largest absolute Gasteiger partial charge is 0.437 e. The molecule has 0 fully saturated rings. The molecule has 4 rings (SSSR count). The van der Waals surface area contributed by atoms with E-state index in [1.54, 1.807) is 0 Å². The summed E-state index contributed by atoms with van der Waals surface area (Å²) in [7, 11) is -28.3. The molecule has 0 radical (unpaired) electrons. The first-order valence-corrected chi connectivity index (χ1v) is 48.7. The minimum Gasteiger partial charge on any atom is -0.437 e. The maximum absolute atomic E-state index is 7.47. The molecule has 4 aromatic rings. The van der Waals surface area contributed by atoms with Crippen LogP contribution < -0.4 is 20.7 Å². The van der Waals surface area contributed by atoms with Gasteiger partial charge in [-0.3, -0.25) is 0 Å². The van der Waals surface area contributed by atoms with Crippen LogP contribution in [-0.2, 0) is 37.0 Å². The summed E-state index contributed by atoms with van der Waals surface area (Å²) in [5.74, 6) is 0. The van der Waals surface area contributed by atoms with E-state index >= 15 is 0 Å². The van der Waals surface area contributed by atoms with Crippen molar-refractivity contribution in [1.82, 2.24) is 0 Å². The van der Waals surface area contributed by atoms with Crippen LogP contribution in [0.25, 0.3) is 0 Å². The van der Waals surface area contributed by atoms with Crippen LogP contribution in [0.5, 0.6) is 0 Å². The maximum Gasteiger partial charge on any atom is 0.351 e. The average Bonchev–Trinajstić information content (AvgIpc) is 3.09. The average molecular weight is 1000 g/mol. The van der Waals surface area contributed by atoms with Crippen LogP contribution in [0.3, 0.4) is 0 Å². The van der Waals surface area contributed by atoms with Crippen LogP contribution in [0.2, 0.25) is 118 Å². The Kier molecular flexibility index (Phi) is 16.9. The lowest BCUT2D eigenvalue weighted by Gasteiger charge is -2.46. The van der Waals surface area contributed by atoms with E-state index in [-0.39, 0.29) is 0 Å². The highest BCUT2D eigenvalue weighted by Crippen LogP contribution is 2.31. The summed E-state index contributed by atoms with van der Waals surface area (Å²) in [6, 6.07) is 41.3. The van der Waals surface area contributed by atoms with Gasteiger partial charge in [-0.15, -0.1) is 0 Å². The monoisotopic (exact) mass is 1000 g/mol. The van der Waals surface area contributed by atoms with Crippen molar-refractivity contribution in [2.75, 3.05) is 0 Å². The van der Waals surface area contributed by atoms with Gasteiger partial charge in [-0.25, -0.2) is 0 Å². The normalized spacial score (nSPS) is 17.5. The quantitative estimate of drug-likeness (QED) is 0.0716. The Morgan fingerprint density at radius 3 is 0.557 bits per heavy atom. The molecule has 0 N–H and O–H groups in total. The summed E-state index contributed by atoms with van der Waals surface area (Å²) in [6.45, 7) is 38.7. The number of rotatable bonds is 22. The van der Waals surface area contributed by atoms with Crippen LogP contribution in [0.15, 0.2) is 121 Å². The number of benzene rings is 4. The van der Waals surface area contributed by atoms with Crippen molar-refractivity contribution in [2.24, 2.45) is 0 Å². The Balaban J connectivity index is 1.72. The molecule has 0 spiro atoms. The maximum atomic E-state index is 7.47. The highest BCUT2D eigenvalue weighted by Gasteiger charge is 2.55. The van der Waals surface area contributed by atoms with Gasteiger partial charge in [-0.2, -0.15) is 0 Å². The molecule has 0 saturated heterocycles. The molecule has 0 heterocycles. The second-order valence-corrected chi connectivity index (χ2v) is 56.9. The van der Waals surface area contributed by atoms with Crippen molar-refractivity contribution in [3.05, 3.63) is 121 Å². The fourth-order valence-electron chi connectivity index (χ4n) is 8.21. The zero-order valence-electron chi connectivity index (χ0n) is 40.2. The van der Waals surface area contributed by atoms with Gasteiger partial charge in [0, 0.05) is 0 Å². The lowest BCUT2D eigenvalue weighted by molar-refractivity contribution is 0.264. The first-order chi connectivity index (χ1) is 27.8. The lowest BCUT2D eigenvalue weighted by Crippen LogP contribution is -2.70. The van der Waals surface area contributed by atoms with Crippen LogP contribution in [0, 0.1) is 0 Å². The molecular weight excluding hydrogens is 929 g/mol. The van der Waals surface area contributed by atoms with Gasteiger partial charge in [0.1, 0.15) is 0 Å². The SMILES string of the molecule is C[Si](C)(C)O[Si](C)(C)O[Si](C)(O[Si](C)(C)O[Si](C)(O[Si](C)(C)O[Si](C)(O[Si](C)(C)O[Si](C)(O[Si](C)(C)C)c1ccccc1)c1ccccc1)c1ccccc1)c1ccccc1. The van der Waals surface area contributed by atoms with Crippen molar-refractivity contribution in [3.8, 4) is 0 Å². The molecule has 336 valence electrons. The Hall–Kier alpha value is -1.31. The molecule has 0 saturated carbocycles. The first kappa shape index (κ1) is 52.3. The molecular formula is C42H74O9Si10. The van der Waals surface area contributed by atoms with Gasteiger partial charge in [-0.05, 0) is 139 Å². The smallest absolute Gasteiger partial charge is 0.351 e. The van der Waals surface area contributed by atoms with Crippen LogP contribution in [-0.4, -0.2) is 85.1 Å². The minimum atomic E-state index is -3.30. The first-order valence-electron chi connectivity index (χ1n) is 21.3. The molecule has 0 bridgehead atoms. The summed E-state index contributed by atoms with van der Waals surface area (Å²) in [4.78, 5) is 0. The molecule has 4 atom stereocenters. The van der Waals surface area contributed by atoms with Crippen molar-refractivity contribution in [3.63, 3.8) is 0 Å². The highest BCUT2D eigenvalue weighted by atomic mass is 28.5. The predicted octanol–water partition coefficient (Wildman–Crippen LogP) is 9.53. The number of hydrogen-bond acceptors (Lipinski definition) is 9. The van der Waals surface area contributed by atoms with Crippen molar-refractivity contribution >= 4 is 106 Å². The summed E-state index contributed by atoms with van der Waals surface area (Å²) < 4.78 is 65.2. The third-order valence-electron chi connectivity index (χ3n) is 9.33. The van der Waals surface area contributed by atoms with E-state index in [0.29, 0.717) is 0 Å². The lowest BCUT2D eigenvalue weighted by atomic mass is 10.4. The zero-order valence-corrected chi connectivity index (χ0v) is 50.2. The Morgan fingerprint density at radius 1 is 0.213 bits per heavy atom. The molecule has 0 aliphatic heterocycles. The Bertz CT molecular complexity index is 1990. The van der Waals surface area contributed by atoms with E-state index in [2.05, 4.69) is 179 Å². The summed E-state index contributed by atoms with van der Waals surface area (Å²) in [5.41, 5.74) is 0. The van der Waals surface area contributed by atoms with Crippen molar-refractivity contribution in [1.29, 1.82) is 0 Å². The zero-order chi connectivity index (χ0) is 45.8. The van der Waals surface area contributed by atoms with Crippen LogP contribution in [0.4, 0.5) is 0 Å². The molecule has 4 aromatic carbocycles. The summed E-state index contributed by atoms with van der Waals surface area (Å²) in [6.07, 6.45) is 0. The Labute approximate surface area is 379 Å². The molecule has 4 unspecified atom stereocenters. The van der Waals surface area contributed by atoms with E-state index in [0.717, 1.165) is 20.7 Å². The summed E-state index contributed by atoms with van der Waals surface area (Å²) >= 11 is 0. The molecule has 0 aromatic heterocycles. The Morgan fingerprint density at radius 2 is 0.377 bits per heavy atom. The molecule has 19 heteroatoms. The van der Waals surface area contributed by atoms with E-state index in [1.807, 2.05) is 60.7 Å². The third kappa shape index (κ3) is 16.0. The second-order valence-electron chi connectivity index (χ2n) is 20.0. The van der Waals surface area contributed by atoms with E-state index in [4.69, 9.17) is 37.0 Å². The van der Waals surface area contributed by atoms with Gasteiger partial charge in [-0.1, -0.05) is 121 Å². The van der Waals surface area contributed by atoms with E-state index < -0.39 is 85.1 Å². The predicted molar refractivity (Wildman–Crippen MR) is 277 cm³/mol. The van der Waals surface area contributed by atoms with Gasteiger partial charge in [0.25, 0.3) is 0 Å². The van der Waals surface area contributed by atoms with Crippen LogP contribution in [0.1, 0.15) is 0 Å².